The highest BCUT2D eigenvalue weighted by atomic mass is 16.7. The molecule has 2 heterocycles. The van der Waals surface area contributed by atoms with Gasteiger partial charge in [0, 0.05) is 6.54 Å². The zero-order valence-electron chi connectivity index (χ0n) is 41.3. The van der Waals surface area contributed by atoms with Crippen LogP contribution in [-0.4, -0.2) is 171 Å². The molecule has 0 spiro atoms. The monoisotopic (exact) mass is 952 g/mol. The zero-order valence-corrected chi connectivity index (χ0v) is 41.3. The molecule has 382 valence electrons. The highest BCUT2D eigenvalue weighted by Crippen LogP contribution is 2.34. The first kappa shape index (κ1) is 56.4. The minimum Gasteiger partial charge on any atom is -0.444 e. The molecule has 0 bridgehead atoms. The summed E-state index contributed by atoms with van der Waals surface area (Å²) in [7, 11) is 0. The van der Waals surface area contributed by atoms with Crippen LogP contribution in [0.5, 0.6) is 0 Å². The van der Waals surface area contributed by atoms with Crippen LogP contribution >= 0.6 is 0 Å². The second-order valence-corrected chi connectivity index (χ2v) is 22.0. The van der Waals surface area contributed by atoms with E-state index >= 15 is 0 Å². The number of carbonyl (C=O) groups is 5. The van der Waals surface area contributed by atoms with E-state index in [0.717, 1.165) is 0 Å². The summed E-state index contributed by atoms with van der Waals surface area (Å²) in [4.78, 5) is 65.6. The van der Waals surface area contributed by atoms with E-state index in [1.165, 1.54) is 6.92 Å². The van der Waals surface area contributed by atoms with Gasteiger partial charge in [-0.1, -0.05) is 0 Å². The smallest absolute Gasteiger partial charge is 0.408 e. The number of carbonyl (C=O) groups excluding carboxylic acids is 5. The third-order valence-corrected chi connectivity index (χ3v) is 9.60. The van der Waals surface area contributed by atoms with Gasteiger partial charge in [0.05, 0.1) is 43.0 Å². The van der Waals surface area contributed by atoms with Gasteiger partial charge in [-0.15, -0.1) is 0 Å². The van der Waals surface area contributed by atoms with Crippen LogP contribution in [0, 0.1) is 0 Å². The molecule has 23 nitrogen and oxygen atoms in total. The molecule has 3 aliphatic rings. The Morgan fingerprint density at radius 1 is 0.545 bits per heavy atom. The lowest BCUT2D eigenvalue weighted by molar-refractivity contribution is -0.315. The van der Waals surface area contributed by atoms with Crippen LogP contribution in [0.25, 0.3) is 0 Å². The molecule has 0 aromatic rings. The van der Waals surface area contributed by atoms with Gasteiger partial charge in [0.25, 0.3) is 0 Å². The molecule has 1 saturated carbocycles. The standard InChI is InChI=1S/C43H77N5O18/c1-38(2,3)62-33(52)44-19-21-17-18-22(45-34(53)63-39(4,5)6)31(59-21)60-28-23(46-35(54)64-40(7,8)9)25(49)24(47-36(55)65-41(10,11)12)29(26(28)50)61-32-27(51)30(43(16,57)20-58-32)48-37(56)66-42(13,14)15/h21-32,49-51,57H,17-20H2,1-16H3,(H,44,52)(H,45,53)(H,46,54)(H,47,55)(H,48,56)/t21-,22?,23-,24?,25+,26?,27?,28?,29-,30+,31+,32+,43-/m0/s1. The highest BCUT2D eigenvalue weighted by molar-refractivity contribution is 5.70. The molecule has 3 fully saturated rings. The zero-order chi connectivity index (χ0) is 50.5. The number of hydrogen-bond donors (Lipinski definition) is 9. The molecule has 5 amide bonds. The van der Waals surface area contributed by atoms with Crippen LogP contribution in [0.2, 0.25) is 0 Å². The molecule has 0 radical (unpaired) electrons. The van der Waals surface area contributed by atoms with Gasteiger partial charge >= 0.3 is 30.5 Å². The number of hydrogen-bond acceptors (Lipinski definition) is 18. The predicted octanol–water partition coefficient (Wildman–Crippen LogP) is 2.56. The molecular weight excluding hydrogens is 874 g/mol. The van der Waals surface area contributed by atoms with E-state index < -0.39 is 144 Å². The number of ether oxygens (including phenoxy) is 9. The predicted molar refractivity (Wildman–Crippen MR) is 233 cm³/mol. The topological polar surface area (TPSA) is 309 Å². The third kappa shape index (κ3) is 18.3. The summed E-state index contributed by atoms with van der Waals surface area (Å²) in [5.41, 5.74) is -6.68. The average Bonchev–Trinajstić information content (AvgIpc) is 3.09. The molecular formula is C43H77N5O18. The van der Waals surface area contributed by atoms with Crippen molar-refractivity contribution in [3.05, 3.63) is 0 Å². The number of amides is 5. The summed E-state index contributed by atoms with van der Waals surface area (Å²) in [6, 6.07) is -5.87. The lowest BCUT2D eigenvalue weighted by Gasteiger charge is -2.51. The van der Waals surface area contributed by atoms with Gasteiger partial charge in [-0.25, -0.2) is 24.0 Å². The number of aliphatic hydroxyl groups is 4. The molecule has 3 rings (SSSR count). The lowest BCUT2D eigenvalue weighted by Crippen LogP contribution is -2.75. The largest absolute Gasteiger partial charge is 0.444 e. The van der Waals surface area contributed by atoms with Crippen molar-refractivity contribution in [1.29, 1.82) is 0 Å². The Hall–Kier alpha value is -3.97. The van der Waals surface area contributed by atoms with E-state index in [2.05, 4.69) is 26.6 Å². The van der Waals surface area contributed by atoms with Crippen molar-refractivity contribution in [3.8, 4) is 0 Å². The molecule has 9 N–H and O–H groups in total. The second kappa shape index (κ2) is 21.5. The first-order valence-electron chi connectivity index (χ1n) is 22.1. The summed E-state index contributed by atoms with van der Waals surface area (Å²) >= 11 is 0. The van der Waals surface area contributed by atoms with Crippen molar-refractivity contribution in [3.63, 3.8) is 0 Å². The van der Waals surface area contributed by atoms with E-state index in [9.17, 15) is 44.4 Å². The van der Waals surface area contributed by atoms with Gasteiger partial charge in [0.15, 0.2) is 12.6 Å². The fourth-order valence-electron chi connectivity index (χ4n) is 7.09. The van der Waals surface area contributed by atoms with Gasteiger partial charge in [-0.3, -0.25) is 0 Å². The minimum atomic E-state index is -2.00. The Labute approximate surface area is 387 Å². The van der Waals surface area contributed by atoms with Gasteiger partial charge < -0.3 is 89.6 Å². The van der Waals surface area contributed by atoms with Crippen molar-refractivity contribution in [2.24, 2.45) is 0 Å². The van der Waals surface area contributed by atoms with E-state index in [1.807, 2.05) is 0 Å². The Morgan fingerprint density at radius 3 is 1.38 bits per heavy atom. The van der Waals surface area contributed by atoms with Crippen molar-refractivity contribution < 1.29 is 87.0 Å². The highest BCUT2D eigenvalue weighted by Gasteiger charge is 2.57. The second-order valence-electron chi connectivity index (χ2n) is 22.0. The Kier molecular flexibility index (Phi) is 18.4. The number of rotatable bonds is 10. The summed E-state index contributed by atoms with van der Waals surface area (Å²) in [5, 5.41) is 60.5. The number of aliphatic hydroxyl groups excluding tert-OH is 3. The summed E-state index contributed by atoms with van der Waals surface area (Å²) < 4.78 is 52.0. The maximum Gasteiger partial charge on any atom is 0.408 e. The molecule has 0 aromatic carbocycles. The first-order valence-corrected chi connectivity index (χ1v) is 22.1. The SMILES string of the molecule is CC(C)(C)OC(=O)NC[C@@H]1CCC(NC(=O)OC(C)(C)C)[C@@H](OC2C(O)[C@@H](O[C@H]3OC[C@](C)(O)[C@H](NC(=O)OC(C)(C)C)C3O)C(NC(=O)OC(C)(C)C)[C@H](O)[C@@H]2NC(=O)OC(C)(C)C)O1. The quantitative estimate of drug-likeness (QED) is 0.142. The Morgan fingerprint density at radius 2 is 0.939 bits per heavy atom. The molecule has 0 aromatic heterocycles. The fraction of sp³-hybridized carbons (Fsp3) is 0.884. The summed E-state index contributed by atoms with van der Waals surface area (Å²) in [5.74, 6) is 0. The number of nitrogens with one attached hydrogen (secondary N) is 5. The Bertz CT molecular complexity index is 1670. The van der Waals surface area contributed by atoms with Crippen molar-refractivity contribution in [2.45, 2.75) is 231 Å². The molecule has 23 heteroatoms. The molecule has 5 unspecified atom stereocenters. The minimum absolute atomic E-state index is 0.0871. The van der Waals surface area contributed by atoms with Crippen LogP contribution in [0.15, 0.2) is 0 Å². The molecule has 2 saturated heterocycles. The summed E-state index contributed by atoms with van der Waals surface area (Å²) in [6.45, 7) is 25.1. The number of alkyl carbamates (subject to hydrolysis) is 5. The third-order valence-electron chi connectivity index (χ3n) is 9.60. The fourth-order valence-corrected chi connectivity index (χ4v) is 7.09. The normalized spacial score (nSPS) is 32.2. The van der Waals surface area contributed by atoms with Gasteiger partial charge in [-0.2, -0.15) is 0 Å². The molecule has 2 aliphatic heterocycles. The van der Waals surface area contributed by atoms with E-state index in [1.54, 1.807) is 104 Å². The van der Waals surface area contributed by atoms with Crippen molar-refractivity contribution in [1.82, 2.24) is 26.6 Å². The molecule has 66 heavy (non-hydrogen) atoms. The van der Waals surface area contributed by atoms with E-state index in [-0.39, 0.29) is 19.4 Å². The van der Waals surface area contributed by atoms with Gasteiger partial charge in [-0.05, 0) is 124 Å². The maximum atomic E-state index is 13.5. The molecule has 1 aliphatic carbocycles. The van der Waals surface area contributed by atoms with E-state index in [0.29, 0.717) is 0 Å². The molecule has 13 atom stereocenters. The van der Waals surface area contributed by atoms with Crippen LogP contribution in [0.3, 0.4) is 0 Å². The Balaban J connectivity index is 2.13. The summed E-state index contributed by atoms with van der Waals surface area (Å²) in [6.07, 6.45) is -17.8. The maximum absolute atomic E-state index is 13.5. The van der Waals surface area contributed by atoms with E-state index in [4.69, 9.17) is 42.6 Å². The van der Waals surface area contributed by atoms with Crippen LogP contribution in [0.1, 0.15) is 124 Å². The average molecular weight is 952 g/mol. The van der Waals surface area contributed by atoms with Gasteiger partial charge in [0.2, 0.25) is 0 Å². The van der Waals surface area contributed by atoms with Crippen molar-refractivity contribution >= 4 is 30.5 Å². The van der Waals surface area contributed by atoms with Crippen molar-refractivity contribution in [2.75, 3.05) is 13.2 Å². The first-order chi connectivity index (χ1) is 29.8. The van der Waals surface area contributed by atoms with Crippen LogP contribution < -0.4 is 26.6 Å². The lowest BCUT2D eigenvalue weighted by atomic mass is 9.80. The van der Waals surface area contributed by atoms with Gasteiger partial charge in [0.1, 0.15) is 58.0 Å². The van der Waals surface area contributed by atoms with Crippen LogP contribution in [-0.2, 0) is 42.6 Å². The van der Waals surface area contributed by atoms with Crippen LogP contribution in [0.4, 0.5) is 24.0 Å².